The fourth-order valence-electron chi connectivity index (χ4n) is 2.89. The zero-order chi connectivity index (χ0) is 19.4. The normalized spacial score (nSPS) is 19.1. The predicted molar refractivity (Wildman–Crippen MR) is 92.0 cm³/mol. The van der Waals surface area contributed by atoms with Gasteiger partial charge in [-0.15, -0.1) is 10.2 Å². The van der Waals surface area contributed by atoms with Gasteiger partial charge in [-0.2, -0.15) is 5.26 Å². The topological polar surface area (TPSA) is 102 Å². The first-order chi connectivity index (χ1) is 13.0. The molecule has 7 nitrogen and oxygen atoms in total. The van der Waals surface area contributed by atoms with Crippen molar-refractivity contribution in [2.24, 2.45) is 0 Å². The van der Waals surface area contributed by atoms with Crippen LogP contribution in [0.3, 0.4) is 0 Å². The average molecular weight is 373 g/mol. The highest BCUT2D eigenvalue weighted by Crippen LogP contribution is 2.20. The Kier molecular flexibility index (Phi) is 5.57. The van der Waals surface area contributed by atoms with Gasteiger partial charge in [-0.05, 0) is 17.7 Å². The maximum absolute atomic E-state index is 12.6. The number of aliphatic hydroxyl groups excluding tert-OH is 1. The van der Waals surface area contributed by atoms with E-state index in [1.807, 2.05) is 6.07 Å². The van der Waals surface area contributed by atoms with Crippen molar-refractivity contribution in [2.75, 3.05) is 18.0 Å². The van der Waals surface area contributed by atoms with E-state index in [-0.39, 0.29) is 30.1 Å². The third-order valence-electron chi connectivity index (χ3n) is 4.32. The fourth-order valence-corrected chi connectivity index (χ4v) is 2.89. The Balaban J connectivity index is 1.56. The monoisotopic (exact) mass is 373 g/mol. The first-order valence-electron chi connectivity index (χ1n) is 8.29. The number of nitriles is 1. The number of halogens is 2. The lowest BCUT2D eigenvalue weighted by Crippen LogP contribution is -2.43. The minimum atomic E-state index is -2.54. The molecule has 140 valence electrons. The number of aromatic nitrogens is 2. The first kappa shape index (κ1) is 18.7. The number of alkyl halides is 2. The van der Waals surface area contributed by atoms with Crippen molar-refractivity contribution in [3.63, 3.8) is 0 Å². The third-order valence-corrected chi connectivity index (χ3v) is 4.32. The van der Waals surface area contributed by atoms with Gasteiger partial charge in [-0.3, -0.25) is 4.79 Å². The van der Waals surface area contributed by atoms with Gasteiger partial charge >= 0.3 is 0 Å². The van der Waals surface area contributed by atoms with E-state index in [0.717, 1.165) is 0 Å². The lowest BCUT2D eigenvalue weighted by molar-refractivity contribution is -0.121. The van der Waals surface area contributed by atoms with E-state index in [2.05, 4.69) is 15.5 Å². The average Bonchev–Trinajstić information content (AvgIpc) is 3.02. The van der Waals surface area contributed by atoms with Crippen molar-refractivity contribution >= 4 is 11.7 Å². The second-order valence-electron chi connectivity index (χ2n) is 6.25. The second kappa shape index (κ2) is 8.05. The molecule has 1 aromatic heterocycles. The molecule has 2 atom stereocenters. The van der Waals surface area contributed by atoms with Crippen molar-refractivity contribution in [3.8, 4) is 6.07 Å². The smallest absolute Gasteiger partial charge is 0.263 e. The molecule has 0 aliphatic carbocycles. The van der Waals surface area contributed by atoms with Gasteiger partial charge in [0.1, 0.15) is 6.07 Å². The molecule has 0 saturated carbocycles. The van der Waals surface area contributed by atoms with Crippen LogP contribution in [0.4, 0.5) is 14.6 Å². The summed E-state index contributed by atoms with van der Waals surface area (Å²) in [6.07, 6.45) is -3.30. The standard InChI is InChI=1S/C18H17F2N5O2/c19-18(20)12-3-1-11(2-4-12)7-17(27)22-14-9-25(10-15(14)26)16-6-5-13(8-21)23-24-16/h1-6,14-15,18,26H,7,9-10H2,(H,22,27)/t14-,15-/m1/s1. The highest BCUT2D eigenvalue weighted by Gasteiger charge is 2.33. The summed E-state index contributed by atoms with van der Waals surface area (Å²) in [6, 6.07) is 10.1. The Morgan fingerprint density at radius 2 is 2.00 bits per heavy atom. The van der Waals surface area contributed by atoms with Crippen molar-refractivity contribution in [3.05, 3.63) is 53.2 Å². The molecule has 9 heteroatoms. The molecule has 1 aliphatic heterocycles. The zero-order valence-electron chi connectivity index (χ0n) is 14.2. The van der Waals surface area contributed by atoms with Crippen LogP contribution in [0.25, 0.3) is 0 Å². The summed E-state index contributed by atoms with van der Waals surface area (Å²) >= 11 is 0. The Morgan fingerprint density at radius 1 is 1.26 bits per heavy atom. The SMILES string of the molecule is N#Cc1ccc(N2C[C@@H](O)[C@H](NC(=O)Cc3ccc(C(F)F)cc3)C2)nn1. The molecule has 0 bridgehead atoms. The molecule has 0 spiro atoms. The number of β-amino-alcohol motifs (C(OH)–C–C–N with tert-alkyl or cyclic N) is 1. The van der Waals surface area contributed by atoms with Gasteiger partial charge in [-0.1, -0.05) is 24.3 Å². The van der Waals surface area contributed by atoms with E-state index in [1.54, 1.807) is 11.0 Å². The van der Waals surface area contributed by atoms with Crippen molar-refractivity contribution < 1.29 is 18.7 Å². The molecular formula is C18H17F2N5O2. The highest BCUT2D eigenvalue weighted by molar-refractivity contribution is 5.79. The Bertz CT molecular complexity index is 836. The number of anilines is 1. The Morgan fingerprint density at radius 3 is 2.59 bits per heavy atom. The van der Waals surface area contributed by atoms with Crippen molar-refractivity contribution in [1.82, 2.24) is 15.5 Å². The van der Waals surface area contributed by atoms with E-state index in [0.29, 0.717) is 17.9 Å². The van der Waals surface area contributed by atoms with Gasteiger partial charge in [-0.25, -0.2) is 8.78 Å². The van der Waals surface area contributed by atoms with Gasteiger partial charge in [0.25, 0.3) is 6.43 Å². The number of aliphatic hydroxyl groups is 1. The number of carbonyl (C=O) groups excluding carboxylic acids is 1. The zero-order valence-corrected chi connectivity index (χ0v) is 14.2. The Labute approximate surface area is 154 Å². The lowest BCUT2D eigenvalue weighted by atomic mass is 10.1. The van der Waals surface area contributed by atoms with Crippen LogP contribution in [0.1, 0.15) is 23.2 Å². The summed E-state index contributed by atoms with van der Waals surface area (Å²) in [4.78, 5) is 14.0. The van der Waals surface area contributed by atoms with Crippen LogP contribution in [0, 0.1) is 11.3 Å². The summed E-state index contributed by atoms with van der Waals surface area (Å²) in [5.41, 5.74) is 0.713. The number of nitrogens with one attached hydrogen (secondary N) is 1. The molecule has 3 rings (SSSR count). The first-order valence-corrected chi connectivity index (χ1v) is 8.29. The van der Waals surface area contributed by atoms with Gasteiger partial charge in [0.05, 0.1) is 18.6 Å². The van der Waals surface area contributed by atoms with Crippen LogP contribution in [0.2, 0.25) is 0 Å². The number of nitrogens with zero attached hydrogens (tertiary/aromatic N) is 4. The van der Waals surface area contributed by atoms with Crippen molar-refractivity contribution in [1.29, 1.82) is 5.26 Å². The van der Waals surface area contributed by atoms with E-state index < -0.39 is 18.6 Å². The summed E-state index contributed by atoms with van der Waals surface area (Å²) in [7, 11) is 0. The van der Waals surface area contributed by atoms with Crippen LogP contribution >= 0.6 is 0 Å². The predicted octanol–water partition coefficient (Wildman–Crippen LogP) is 1.19. The molecule has 1 saturated heterocycles. The van der Waals surface area contributed by atoms with E-state index in [4.69, 9.17) is 5.26 Å². The van der Waals surface area contributed by atoms with Crippen LogP contribution in [-0.2, 0) is 11.2 Å². The number of benzene rings is 1. The molecule has 0 unspecified atom stereocenters. The van der Waals surface area contributed by atoms with Crippen LogP contribution in [-0.4, -0.2) is 46.4 Å². The molecule has 0 radical (unpaired) electrons. The van der Waals surface area contributed by atoms with Crippen LogP contribution < -0.4 is 10.2 Å². The Hall–Kier alpha value is -3.12. The molecule has 27 heavy (non-hydrogen) atoms. The third kappa shape index (κ3) is 4.54. The van der Waals surface area contributed by atoms with Gasteiger partial charge < -0.3 is 15.3 Å². The number of hydrogen-bond donors (Lipinski definition) is 2. The van der Waals surface area contributed by atoms with E-state index in [1.165, 1.54) is 30.3 Å². The molecule has 1 aliphatic rings. The molecule has 2 N–H and O–H groups in total. The van der Waals surface area contributed by atoms with Gasteiger partial charge in [0.2, 0.25) is 5.91 Å². The number of hydrogen-bond acceptors (Lipinski definition) is 6. The van der Waals surface area contributed by atoms with E-state index >= 15 is 0 Å². The minimum Gasteiger partial charge on any atom is -0.389 e. The molecule has 2 aromatic rings. The minimum absolute atomic E-state index is 0.0312. The van der Waals surface area contributed by atoms with Crippen molar-refractivity contribution in [2.45, 2.75) is 25.0 Å². The number of rotatable bonds is 5. The number of amides is 1. The summed E-state index contributed by atoms with van der Waals surface area (Å²) in [5.74, 6) is 0.198. The summed E-state index contributed by atoms with van der Waals surface area (Å²) in [5, 5.41) is 29.4. The molecule has 1 amide bonds. The second-order valence-corrected chi connectivity index (χ2v) is 6.25. The quantitative estimate of drug-likeness (QED) is 0.816. The molecule has 1 aromatic carbocycles. The molecule has 1 fully saturated rings. The summed E-state index contributed by atoms with van der Waals surface area (Å²) in [6.45, 7) is 0.617. The van der Waals surface area contributed by atoms with Gasteiger partial charge in [0, 0.05) is 18.7 Å². The van der Waals surface area contributed by atoms with E-state index in [9.17, 15) is 18.7 Å². The number of carbonyl (C=O) groups is 1. The molecular weight excluding hydrogens is 356 g/mol. The maximum atomic E-state index is 12.6. The lowest BCUT2D eigenvalue weighted by Gasteiger charge is -2.17. The molecule has 2 heterocycles. The largest absolute Gasteiger partial charge is 0.389 e. The van der Waals surface area contributed by atoms with Crippen LogP contribution in [0.15, 0.2) is 36.4 Å². The summed E-state index contributed by atoms with van der Waals surface area (Å²) < 4.78 is 25.1. The maximum Gasteiger partial charge on any atom is 0.263 e. The highest BCUT2D eigenvalue weighted by atomic mass is 19.3. The van der Waals surface area contributed by atoms with Crippen LogP contribution in [0.5, 0.6) is 0 Å². The van der Waals surface area contributed by atoms with Gasteiger partial charge in [0.15, 0.2) is 11.5 Å². The fraction of sp³-hybridized carbons (Fsp3) is 0.333.